The van der Waals surface area contributed by atoms with Gasteiger partial charge in [0.05, 0.1) is 11.6 Å². The summed E-state index contributed by atoms with van der Waals surface area (Å²) in [6.07, 6.45) is -2.88. The van der Waals surface area contributed by atoms with Crippen molar-refractivity contribution in [3.63, 3.8) is 0 Å². The summed E-state index contributed by atoms with van der Waals surface area (Å²) >= 11 is 0. The van der Waals surface area contributed by atoms with Gasteiger partial charge in [0.1, 0.15) is 5.82 Å². The molecule has 0 radical (unpaired) electrons. The number of nitrogens with one attached hydrogen (secondary N) is 1. The van der Waals surface area contributed by atoms with E-state index in [-0.39, 0.29) is 11.9 Å². The first-order chi connectivity index (χ1) is 9.93. The summed E-state index contributed by atoms with van der Waals surface area (Å²) in [5.74, 6) is -0.284. The lowest BCUT2D eigenvalue weighted by molar-refractivity contribution is -0.137. The van der Waals surface area contributed by atoms with Gasteiger partial charge < -0.3 is 5.32 Å². The lowest BCUT2D eigenvalue weighted by Crippen LogP contribution is -2.09. The van der Waals surface area contributed by atoms with Crippen LogP contribution in [0.5, 0.6) is 0 Å². The third-order valence-corrected chi connectivity index (χ3v) is 3.71. The zero-order valence-corrected chi connectivity index (χ0v) is 11.0. The molecule has 0 saturated heterocycles. The Morgan fingerprint density at radius 3 is 2.62 bits per heavy atom. The molecule has 2 aromatic rings. The Morgan fingerprint density at radius 2 is 1.86 bits per heavy atom. The quantitative estimate of drug-likeness (QED) is 0.773. The van der Waals surface area contributed by atoms with E-state index < -0.39 is 11.7 Å². The van der Waals surface area contributed by atoms with Crippen LogP contribution in [0.2, 0.25) is 0 Å². The average Bonchev–Trinajstić information content (AvgIpc) is 2.80. The summed E-state index contributed by atoms with van der Waals surface area (Å²) < 4.78 is 51.2. The number of hydrogen-bond donors (Lipinski definition) is 1. The summed E-state index contributed by atoms with van der Waals surface area (Å²) in [5, 5.41) is 3.11. The average molecular weight is 295 g/mol. The van der Waals surface area contributed by atoms with Crippen LogP contribution < -0.4 is 5.32 Å². The highest BCUT2D eigenvalue weighted by Crippen LogP contribution is 2.36. The summed E-state index contributed by atoms with van der Waals surface area (Å²) in [4.78, 5) is 0. The molecule has 0 spiro atoms. The van der Waals surface area contributed by atoms with Crippen LogP contribution in [0.15, 0.2) is 42.5 Å². The molecule has 110 valence electrons. The van der Waals surface area contributed by atoms with Gasteiger partial charge in [-0.2, -0.15) is 13.2 Å². The zero-order chi connectivity index (χ0) is 15.0. The van der Waals surface area contributed by atoms with Gasteiger partial charge in [-0.15, -0.1) is 0 Å². The van der Waals surface area contributed by atoms with Crippen molar-refractivity contribution >= 4 is 5.69 Å². The van der Waals surface area contributed by atoms with E-state index >= 15 is 0 Å². The molecule has 1 nitrogen and oxygen atoms in total. The topological polar surface area (TPSA) is 12.0 Å². The second kappa shape index (κ2) is 5.06. The molecule has 1 aliphatic carbocycles. The maximum absolute atomic E-state index is 13.2. The minimum atomic E-state index is -4.35. The Kier molecular flexibility index (Phi) is 3.35. The monoisotopic (exact) mass is 295 g/mol. The van der Waals surface area contributed by atoms with Crippen LogP contribution in [0.25, 0.3) is 0 Å². The van der Waals surface area contributed by atoms with Crippen molar-refractivity contribution in [2.75, 3.05) is 5.32 Å². The third-order valence-electron chi connectivity index (χ3n) is 3.71. The van der Waals surface area contributed by atoms with Crippen LogP contribution in [0.1, 0.15) is 29.2 Å². The molecule has 3 rings (SSSR count). The molecule has 1 N–H and O–H groups in total. The number of fused-ring (bicyclic) bond motifs is 1. The predicted octanol–water partition coefficient (Wildman–Crippen LogP) is 4.94. The molecule has 2 aromatic carbocycles. The number of hydrogen-bond acceptors (Lipinski definition) is 1. The Bertz CT molecular complexity index is 664. The molecule has 0 aliphatic heterocycles. The molecule has 1 atom stereocenters. The maximum atomic E-state index is 13.2. The van der Waals surface area contributed by atoms with Crippen molar-refractivity contribution in [1.82, 2.24) is 0 Å². The van der Waals surface area contributed by atoms with Crippen molar-refractivity contribution < 1.29 is 17.6 Å². The highest BCUT2D eigenvalue weighted by molar-refractivity contribution is 5.50. The molecule has 5 heteroatoms. The Balaban J connectivity index is 1.83. The highest BCUT2D eigenvalue weighted by Gasteiger charge is 2.31. The second-order valence-corrected chi connectivity index (χ2v) is 5.16. The molecule has 1 unspecified atom stereocenters. The molecular weight excluding hydrogens is 282 g/mol. The van der Waals surface area contributed by atoms with Crippen LogP contribution in [-0.4, -0.2) is 0 Å². The second-order valence-electron chi connectivity index (χ2n) is 5.16. The van der Waals surface area contributed by atoms with Gasteiger partial charge in [0.2, 0.25) is 0 Å². The molecule has 0 heterocycles. The first kappa shape index (κ1) is 13.9. The van der Waals surface area contributed by atoms with E-state index in [4.69, 9.17) is 0 Å². The SMILES string of the molecule is Fc1ccc2c(c1)CCC2Nc1cccc(C(F)(F)F)c1. The maximum Gasteiger partial charge on any atom is 0.416 e. The molecule has 21 heavy (non-hydrogen) atoms. The predicted molar refractivity (Wildman–Crippen MR) is 72.5 cm³/mol. The Hall–Kier alpha value is -2.04. The normalized spacial score (nSPS) is 17.6. The van der Waals surface area contributed by atoms with Gasteiger partial charge in [0.15, 0.2) is 0 Å². The largest absolute Gasteiger partial charge is 0.416 e. The van der Waals surface area contributed by atoms with Gasteiger partial charge in [-0.3, -0.25) is 0 Å². The van der Waals surface area contributed by atoms with Crippen LogP contribution in [-0.2, 0) is 12.6 Å². The lowest BCUT2D eigenvalue weighted by Gasteiger charge is -2.17. The minimum Gasteiger partial charge on any atom is -0.378 e. The van der Waals surface area contributed by atoms with Crippen LogP contribution in [0.3, 0.4) is 0 Å². The number of anilines is 1. The fourth-order valence-corrected chi connectivity index (χ4v) is 2.72. The number of rotatable bonds is 2. The van der Waals surface area contributed by atoms with Gasteiger partial charge in [0, 0.05) is 5.69 Å². The van der Waals surface area contributed by atoms with Crippen LogP contribution in [0.4, 0.5) is 23.2 Å². The van der Waals surface area contributed by atoms with Gasteiger partial charge in [-0.05, 0) is 54.3 Å². The third kappa shape index (κ3) is 2.86. The van der Waals surface area contributed by atoms with Gasteiger partial charge in [0.25, 0.3) is 0 Å². The van der Waals surface area contributed by atoms with Gasteiger partial charge in [-0.1, -0.05) is 12.1 Å². The smallest absolute Gasteiger partial charge is 0.378 e. The summed E-state index contributed by atoms with van der Waals surface area (Å²) in [6, 6.07) is 9.62. The minimum absolute atomic E-state index is 0.0796. The van der Waals surface area contributed by atoms with Crippen LogP contribution >= 0.6 is 0 Å². The Labute approximate surface area is 119 Å². The number of halogens is 4. The Morgan fingerprint density at radius 1 is 1.05 bits per heavy atom. The fraction of sp³-hybridized carbons (Fsp3) is 0.250. The van der Waals surface area contributed by atoms with Gasteiger partial charge in [-0.25, -0.2) is 4.39 Å². The van der Waals surface area contributed by atoms with E-state index in [9.17, 15) is 17.6 Å². The summed E-state index contributed by atoms with van der Waals surface area (Å²) in [5.41, 5.74) is 1.62. The van der Waals surface area contributed by atoms with Crippen molar-refractivity contribution in [1.29, 1.82) is 0 Å². The first-order valence-corrected chi connectivity index (χ1v) is 6.65. The van der Waals surface area contributed by atoms with Crippen molar-refractivity contribution in [3.8, 4) is 0 Å². The standard InChI is InChI=1S/C16H13F4N/c17-12-5-6-14-10(8-12)4-7-15(14)21-13-3-1-2-11(9-13)16(18,19)20/h1-3,5-6,8-9,15,21H,4,7H2. The molecular formula is C16H13F4N. The van der Waals surface area contributed by atoms with E-state index in [1.54, 1.807) is 12.1 Å². The van der Waals surface area contributed by atoms with E-state index in [2.05, 4.69) is 5.32 Å². The van der Waals surface area contributed by atoms with Crippen molar-refractivity contribution in [2.45, 2.75) is 25.1 Å². The molecule has 0 fully saturated rings. The summed E-state index contributed by atoms with van der Waals surface area (Å²) in [6.45, 7) is 0. The van der Waals surface area contributed by atoms with Gasteiger partial charge >= 0.3 is 6.18 Å². The molecule has 0 aromatic heterocycles. The fourth-order valence-electron chi connectivity index (χ4n) is 2.72. The number of benzene rings is 2. The number of aryl methyl sites for hydroxylation is 1. The van der Waals surface area contributed by atoms with E-state index in [1.807, 2.05) is 0 Å². The van der Waals surface area contributed by atoms with E-state index in [0.29, 0.717) is 5.69 Å². The molecule has 1 aliphatic rings. The summed E-state index contributed by atoms with van der Waals surface area (Å²) in [7, 11) is 0. The van der Waals surface area contributed by atoms with E-state index in [1.165, 1.54) is 18.2 Å². The lowest BCUT2D eigenvalue weighted by atomic mass is 10.1. The van der Waals surface area contributed by atoms with Crippen molar-refractivity contribution in [2.24, 2.45) is 0 Å². The van der Waals surface area contributed by atoms with E-state index in [0.717, 1.165) is 36.1 Å². The molecule has 0 amide bonds. The number of alkyl halides is 3. The van der Waals surface area contributed by atoms with Crippen molar-refractivity contribution in [3.05, 3.63) is 65.0 Å². The molecule has 0 saturated carbocycles. The highest BCUT2D eigenvalue weighted by atomic mass is 19.4. The molecule has 0 bridgehead atoms. The first-order valence-electron chi connectivity index (χ1n) is 6.65. The van der Waals surface area contributed by atoms with Crippen LogP contribution in [0, 0.1) is 5.82 Å². The zero-order valence-electron chi connectivity index (χ0n) is 11.0.